The lowest BCUT2D eigenvalue weighted by atomic mass is 9.92. The van der Waals surface area contributed by atoms with Gasteiger partial charge in [-0.1, -0.05) is 6.07 Å². The Labute approximate surface area is 218 Å². The fourth-order valence-corrected chi connectivity index (χ4v) is 6.07. The molecule has 3 atom stereocenters. The van der Waals surface area contributed by atoms with Crippen molar-refractivity contribution in [3.8, 4) is 0 Å². The Hall–Kier alpha value is -2.57. The molecular weight excluding hydrogens is 508 g/mol. The second-order valence-corrected chi connectivity index (χ2v) is 10.7. The number of likely N-dealkylation sites (tertiary alicyclic amines) is 1. The molecule has 1 unspecified atom stereocenters. The minimum Gasteiger partial charge on any atom is -0.376 e. The second-order valence-electron chi connectivity index (χ2n) is 10.7. The van der Waals surface area contributed by atoms with Crippen LogP contribution >= 0.6 is 0 Å². The number of piperidine rings is 2. The van der Waals surface area contributed by atoms with Crippen molar-refractivity contribution in [3.63, 3.8) is 0 Å². The zero-order valence-corrected chi connectivity index (χ0v) is 21.0. The molecule has 3 amide bonds. The lowest BCUT2D eigenvalue weighted by Crippen LogP contribution is -2.53. The summed E-state index contributed by atoms with van der Waals surface area (Å²) in [5.41, 5.74) is 0.885. The van der Waals surface area contributed by atoms with Crippen molar-refractivity contribution >= 4 is 17.7 Å². The van der Waals surface area contributed by atoms with Crippen LogP contribution in [0.3, 0.4) is 0 Å². The Morgan fingerprint density at radius 1 is 1.08 bits per heavy atom. The first-order chi connectivity index (χ1) is 18.1. The van der Waals surface area contributed by atoms with Gasteiger partial charge in [0.1, 0.15) is 11.9 Å². The van der Waals surface area contributed by atoms with E-state index in [1.54, 1.807) is 12.1 Å². The summed E-state index contributed by atoms with van der Waals surface area (Å²) < 4.78 is 59.8. The number of hydrogen-bond acceptors (Lipinski definition) is 6. The van der Waals surface area contributed by atoms with Crippen LogP contribution in [0.25, 0.3) is 0 Å². The van der Waals surface area contributed by atoms with Crippen molar-refractivity contribution in [2.45, 2.75) is 81.9 Å². The normalized spacial score (nSPS) is 27.5. The van der Waals surface area contributed by atoms with Crippen molar-refractivity contribution in [2.75, 3.05) is 26.2 Å². The maximum absolute atomic E-state index is 15.7. The number of carbonyl (C=O) groups is 3. The number of halogens is 4. The summed E-state index contributed by atoms with van der Waals surface area (Å²) in [6, 6.07) is 2.37. The molecule has 12 heteroatoms. The fourth-order valence-electron chi connectivity index (χ4n) is 6.07. The van der Waals surface area contributed by atoms with E-state index in [0.29, 0.717) is 38.1 Å². The van der Waals surface area contributed by atoms with Gasteiger partial charge in [0.25, 0.3) is 5.91 Å². The molecule has 1 aromatic carbocycles. The molecule has 0 radical (unpaired) electrons. The summed E-state index contributed by atoms with van der Waals surface area (Å²) in [6.45, 7) is 0.347. The van der Waals surface area contributed by atoms with Gasteiger partial charge in [-0.3, -0.25) is 24.6 Å². The highest BCUT2D eigenvalue weighted by Crippen LogP contribution is 2.32. The number of amides is 3. The molecule has 0 aliphatic carbocycles. The molecule has 2 N–H and O–H groups in total. The van der Waals surface area contributed by atoms with E-state index < -0.39 is 36.4 Å². The second kappa shape index (κ2) is 10.9. The molecule has 4 heterocycles. The van der Waals surface area contributed by atoms with Crippen LogP contribution in [0.15, 0.2) is 12.1 Å². The molecule has 4 aliphatic rings. The third-order valence-corrected chi connectivity index (χ3v) is 8.03. The van der Waals surface area contributed by atoms with Gasteiger partial charge in [0.05, 0.1) is 19.2 Å². The van der Waals surface area contributed by atoms with E-state index in [2.05, 4.69) is 10.6 Å². The number of rotatable bonds is 6. The van der Waals surface area contributed by atoms with E-state index >= 15 is 4.39 Å². The molecule has 0 bridgehead atoms. The number of nitrogens with one attached hydrogen (secondary N) is 2. The molecule has 3 saturated heterocycles. The highest BCUT2D eigenvalue weighted by molar-refractivity contribution is 6.05. The number of hydrogen-bond donors (Lipinski definition) is 2. The highest BCUT2D eigenvalue weighted by atomic mass is 19.4. The van der Waals surface area contributed by atoms with Gasteiger partial charge in [-0.2, -0.15) is 13.2 Å². The number of benzene rings is 1. The van der Waals surface area contributed by atoms with Crippen molar-refractivity contribution < 1.29 is 36.7 Å². The number of alkyl halides is 3. The molecule has 1 aromatic rings. The third-order valence-electron chi connectivity index (χ3n) is 8.03. The fraction of sp³-hybridized carbons (Fsp3) is 0.654. The van der Waals surface area contributed by atoms with Gasteiger partial charge in [0.15, 0.2) is 0 Å². The molecule has 3 fully saturated rings. The molecular formula is C26H32F4N4O4. The molecule has 208 valence electrons. The molecule has 4 aliphatic heterocycles. The lowest BCUT2D eigenvalue weighted by Gasteiger charge is -2.39. The summed E-state index contributed by atoms with van der Waals surface area (Å²) in [4.78, 5) is 39.5. The first kappa shape index (κ1) is 27.0. The predicted molar refractivity (Wildman–Crippen MR) is 128 cm³/mol. The quantitative estimate of drug-likeness (QED) is 0.425. The summed E-state index contributed by atoms with van der Waals surface area (Å²) in [6.07, 6.45) is -1.04. The number of ether oxygens (including phenoxy) is 1. The third kappa shape index (κ3) is 5.86. The highest BCUT2D eigenvalue weighted by Gasteiger charge is 2.41. The monoisotopic (exact) mass is 540 g/mol. The Morgan fingerprint density at radius 2 is 1.84 bits per heavy atom. The molecule has 8 nitrogen and oxygen atoms in total. The van der Waals surface area contributed by atoms with Crippen LogP contribution in [0.2, 0.25) is 0 Å². The number of nitrogens with zero attached hydrogens (tertiary/aromatic N) is 2. The smallest absolute Gasteiger partial charge is 0.376 e. The van der Waals surface area contributed by atoms with Crippen molar-refractivity contribution in [2.24, 2.45) is 0 Å². The molecule has 5 rings (SSSR count). The summed E-state index contributed by atoms with van der Waals surface area (Å²) in [7, 11) is 0. The Kier molecular flexibility index (Phi) is 7.74. The summed E-state index contributed by atoms with van der Waals surface area (Å²) in [5.74, 6) is -1.84. The number of carbonyl (C=O) groups excluding carboxylic acids is 3. The van der Waals surface area contributed by atoms with E-state index in [1.165, 1.54) is 9.80 Å². The van der Waals surface area contributed by atoms with Crippen molar-refractivity contribution in [3.05, 3.63) is 34.6 Å². The van der Waals surface area contributed by atoms with Gasteiger partial charge < -0.3 is 15.0 Å². The molecule has 38 heavy (non-hydrogen) atoms. The number of imide groups is 1. The maximum atomic E-state index is 15.7. The van der Waals surface area contributed by atoms with Gasteiger partial charge in [-0.15, -0.1) is 0 Å². The van der Waals surface area contributed by atoms with Crippen LogP contribution in [0.5, 0.6) is 0 Å². The first-order valence-electron chi connectivity index (χ1n) is 13.2. The van der Waals surface area contributed by atoms with Gasteiger partial charge in [-0.25, -0.2) is 4.39 Å². The van der Waals surface area contributed by atoms with E-state index in [4.69, 9.17) is 4.74 Å². The van der Waals surface area contributed by atoms with Crippen LogP contribution < -0.4 is 10.6 Å². The van der Waals surface area contributed by atoms with Crippen LogP contribution in [0, 0.1) is 5.82 Å². The SMILES string of the molecule is O=C1CCC(N2Cc3c(ccc(C[C@H]4OCCC[C@@H]4NC4CCN(CC(F)(F)F)CC4)c3F)C2=O)C(=O)N1. The van der Waals surface area contributed by atoms with Gasteiger partial charge in [0.2, 0.25) is 11.8 Å². The Morgan fingerprint density at radius 3 is 2.55 bits per heavy atom. The number of fused-ring (bicyclic) bond motifs is 1. The minimum absolute atomic E-state index is 0.0379. The molecule has 0 aromatic heterocycles. The van der Waals surface area contributed by atoms with Crippen LogP contribution in [-0.2, 0) is 27.3 Å². The zero-order valence-electron chi connectivity index (χ0n) is 21.0. The van der Waals surface area contributed by atoms with E-state index in [-0.39, 0.29) is 61.0 Å². The van der Waals surface area contributed by atoms with E-state index in [0.717, 1.165) is 12.8 Å². The standard InChI is InChI=1S/C26H32F4N4O4/c27-23-15(3-4-17-18(23)13-34(25(17)37)20-5-6-22(35)32-24(20)36)12-21-19(2-1-11-38-21)31-16-7-9-33(10-8-16)14-26(28,29)30/h3-4,16,19-21,31H,1-2,5-14H2,(H,32,35,36)/t19-,20?,21+/m0/s1. The summed E-state index contributed by atoms with van der Waals surface area (Å²) in [5, 5.41) is 5.80. The van der Waals surface area contributed by atoms with Crippen LogP contribution in [-0.4, -0.2) is 84.2 Å². The predicted octanol–water partition coefficient (Wildman–Crippen LogP) is 2.29. The average Bonchev–Trinajstić information content (AvgIpc) is 3.19. The minimum atomic E-state index is -4.20. The topological polar surface area (TPSA) is 91.0 Å². The zero-order chi connectivity index (χ0) is 27.0. The molecule has 0 saturated carbocycles. The van der Waals surface area contributed by atoms with Gasteiger partial charge in [-0.05, 0) is 56.8 Å². The van der Waals surface area contributed by atoms with Crippen molar-refractivity contribution in [1.82, 2.24) is 20.4 Å². The van der Waals surface area contributed by atoms with E-state index in [1.807, 2.05) is 0 Å². The van der Waals surface area contributed by atoms with Crippen LogP contribution in [0.1, 0.15) is 60.0 Å². The summed E-state index contributed by atoms with van der Waals surface area (Å²) >= 11 is 0. The average molecular weight is 541 g/mol. The van der Waals surface area contributed by atoms with Crippen molar-refractivity contribution in [1.29, 1.82) is 0 Å². The largest absolute Gasteiger partial charge is 0.401 e. The molecule has 0 spiro atoms. The van der Waals surface area contributed by atoms with Gasteiger partial charge in [0, 0.05) is 42.7 Å². The first-order valence-corrected chi connectivity index (χ1v) is 13.2. The Balaban J connectivity index is 1.23. The van der Waals surface area contributed by atoms with Gasteiger partial charge >= 0.3 is 6.18 Å². The Bertz CT molecular complexity index is 1090. The lowest BCUT2D eigenvalue weighted by molar-refractivity contribution is -0.148. The van der Waals surface area contributed by atoms with Crippen LogP contribution in [0.4, 0.5) is 17.6 Å². The van der Waals surface area contributed by atoms with E-state index in [9.17, 15) is 27.6 Å². The maximum Gasteiger partial charge on any atom is 0.401 e.